The van der Waals surface area contributed by atoms with E-state index in [1.807, 2.05) is 6.92 Å². The van der Waals surface area contributed by atoms with Crippen LogP contribution in [0.3, 0.4) is 0 Å². The zero-order valence-corrected chi connectivity index (χ0v) is 7.78. The number of halogens is 2. The van der Waals surface area contributed by atoms with Gasteiger partial charge >= 0.3 is 0 Å². The van der Waals surface area contributed by atoms with Crippen LogP contribution in [-0.2, 0) is 0 Å². The maximum atomic E-state index is 12.8. The maximum absolute atomic E-state index is 12.8. The molecule has 0 atom stereocenters. The molecule has 3 heteroatoms. The molecule has 0 aliphatic rings. The van der Waals surface area contributed by atoms with E-state index in [1.54, 1.807) is 6.92 Å². The summed E-state index contributed by atoms with van der Waals surface area (Å²) in [6.07, 6.45) is 0. The Labute approximate surface area is 76.1 Å². The standard InChI is InChI=1S/C9H10ClFO/c1-3-12-9-5-7(11)4-8(10)6(9)2/h4-5H,3H2,1-2H3. The summed E-state index contributed by atoms with van der Waals surface area (Å²) < 4.78 is 17.9. The number of rotatable bonds is 2. The smallest absolute Gasteiger partial charge is 0.128 e. The van der Waals surface area contributed by atoms with Crippen LogP contribution in [0.1, 0.15) is 12.5 Å². The first-order valence-corrected chi connectivity index (χ1v) is 4.11. The van der Waals surface area contributed by atoms with Crippen LogP contribution in [0.2, 0.25) is 5.02 Å². The van der Waals surface area contributed by atoms with Crippen LogP contribution in [0.15, 0.2) is 12.1 Å². The van der Waals surface area contributed by atoms with E-state index in [4.69, 9.17) is 16.3 Å². The van der Waals surface area contributed by atoms with Crippen molar-refractivity contribution in [3.05, 3.63) is 28.5 Å². The monoisotopic (exact) mass is 188 g/mol. The van der Waals surface area contributed by atoms with E-state index in [9.17, 15) is 4.39 Å². The van der Waals surface area contributed by atoms with Gasteiger partial charge in [0.1, 0.15) is 11.6 Å². The summed E-state index contributed by atoms with van der Waals surface area (Å²) in [5, 5.41) is 0.401. The Balaban J connectivity index is 3.09. The lowest BCUT2D eigenvalue weighted by Gasteiger charge is -2.07. The molecule has 0 bridgehead atoms. The fraction of sp³-hybridized carbons (Fsp3) is 0.333. The Morgan fingerprint density at radius 2 is 2.17 bits per heavy atom. The predicted molar refractivity (Wildman–Crippen MR) is 47.3 cm³/mol. The van der Waals surface area contributed by atoms with Crippen LogP contribution in [0.5, 0.6) is 5.75 Å². The molecule has 1 nitrogen and oxygen atoms in total. The SMILES string of the molecule is CCOc1cc(F)cc(Cl)c1C. The molecule has 1 aromatic rings. The van der Waals surface area contributed by atoms with Crippen LogP contribution >= 0.6 is 11.6 Å². The van der Waals surface area contributed by atoms with Gasteiger partial charge in [0.2, 0.25) is 0 Å². The zero-order valence-electron chi connectivity index (χ0n) is 7.03. The zero-order chi connectivity index (χ0) is 9.14. The Kier molecular flexibility index (Phi) is 2.93. The molecule has 0 saturated heterocycles. The minimum absolute atomic E-state index is 0.367. The molecule has 12 heavy (non-hydrogen) atoms. The van der Waals surface area contributed by atoms with Gasteiger partial charge in [0, 0.05) is 11.6 Å². The molecule has 0 aliphatic heterocycles. The highest BCUT2D eigenvalue weighted by molar-refractivity contribution is 6.31. The summed E-state index contributed by atoms with van der Waals surface area (Å²) in [4.78, 5) is 0. The average Bonchev–Trinajstić information content (AvgIpc) is 2.00. The van der Waals surface area contributed by atoms with E-state index in [2.05, 4.69) is 0 Å². The van der Waals surface area contributed by atoms with E-state index in [1.165, 1.54) is 12.1 Å². The third kappa shape index (κ3) is 1.89. The van der Waals surface area contributed by atoms with Gasteiger partial charge in [-0.05, 0) is 19.9 Å². The summed E-state index contributed by atoms with van der Waals surface area (Å²) >= 11 is 5.73. The van der Waals surface area contributed by atoms with E-state index < -0.39 is 0 Å². The van der Waals surface area contributed by atoms with E-state index in [-0.39, 0.29) is 5.82 Å². The molecule has 0 radical (unpaired) electrons. The quantitative estimate of drug-likeness (QED) is 0.693. The lowest BCUT2D eigenvalue weighted by atomic mass is 10.2. The molecule has 0 aromatic heterocycles. The molecule has 0 fully saturated rings. The Morgan fingerprint density at radius 3 is 2.75 bits per heavy atom. The van der Waals surface area contributed by atoms with Crippen LogP contribution < -0.4 is 4.74 Å². The maximum Gasteiger partial charge on any atom is 0.128 e. The van der Waals surface area contributed by atoms with E-state index >= 15 is 0 Å². The van der Waals surface area contributed by atoms with E-state index in [0.717, 1.165) is 5.56 Å². The minimum Gasteiger partial charge on any atom is -0.493 e. The topological polar surface area (TPSA) is 9.23 Å². The van der Waals surface area contributed by atoms with Crippen molar-refractivity contribution in [3.8, 4) is 5.75 Å². The highest BCUT2D eigenvalue weighted by atomic mass is 35.5. The lowest BCUT2D eigenvalue weighted by molar-refractivity contribution is 0.336. The molecule has 1 rings (SSSR count). The first-order valence-electron chi connectivity index (χ1n) is 3.73. The van der Waals surface area contributed by atoms with Crippen molar-refractivity contribution >= 4 is 11.6 Å². The summed E-state index contributed by atoms with van der Waals surface area (Å²) in [5.41, 5.74) is 0.778. The molecule has 66 valence electrons. The number of hydrogen-bond donors (Lipinski definition) is 0. The molecule has 0 amide bonds. The van der Waals surface area contributed by atoms with Crippen molar-refractivity contribution in [2.75, 3.05) is 6.61 Å². The van der Waals surface area contributed by atoms with Gasteiger partial charge in [-0.2, -0.15) is 0 Å². The highest BCUT2D eigenvalue weighted by Crippen LogP contribution is 2.26. The van der Waals surface area contributed by atoms with Gasteiger partial charge in [-0.15, -0.1) is 0 Å². The van der Waals surface area contributed by atoms with Crippen molar-refractivity contribution in [1.29, 1.82) is 0 Å². The Hall–Kier alpha value is -0.760. The third-order valence-corrected chi connectivity index (χ3v) is 1.95. The number of hydrogen-bond acceptors (Lipinski definition) is 1. The predicted octanol–water partition coefficient (Wildman–Crippen LogP) is 3.19. The molecule has 0 unspecified atom stereocenters. The average molecular weight is 189 g/mol. The fourth-order valence-corrected chi connectivity index (χ4v) is 1.12. The van der Waals surface area contributed by atoms with Crippen molar-refractivity contribution in [1.82, 2.24) is 0 Å². The molecule has 1 aromatic carbocycles. The Morgan fingerprint density at radius 1 is 1.50 bits per heavy atom. The van der Waals surface area contributed by atoms with Gasteiger partial charge in [-0.1, -0.05) is 11.6 Å². The fourth-order valence-electron chi connectivity index (χ4n) is 0.928. The molecular formula is C9H10ClFO. The molecule has 0 saturated carbocycles. The van der Waals surface area contributed by atoms with Gasteiger partial charge in [0.25, 0.3) is 0 Å². The minimum atomic E-state index is -0.367. The summed E-state index contributed by atoms with van der Waals surface area (Å²) in [6.45, 7) is 4.16. The first-order chi connectivity index (χ1) is 5.65. The first kappa shape index (κ1) is 9.33. The number of benzene rings is 1. The summed E-state index contributed by atoms with van der Waals surface area (Å²) in [7, 11) is 0. The second kappa shape index (κ2) is 3.76. The normalized spacial score (nSPS) is 10.0. The Bertz CT molecular complexity index is 286. The highest BCUT2D eigenvalue weighted by Gasteiger charge is 2.05. The van der Waals surface area contributed by atoms with Gasteiger partial charge in [0.05, 0.1) is 11.6 Å². The second-order valence-corrected chi connectivity index (χ2v) is 2.85. The van der Waals surface area contributed by atoms with Gasteiger partial charge in [-0.3, -0.25) is 0 Å². The van der Waals surface area contributed by atoms with Crippen molar-refractivity contribution in [2.45, 2.75) is 13.8 Å². The van der Waals surface area contributed by atoms with Gasteiger partial charge in [-0.25, -0.2) is 4.39 Å². The summed E-state index contributed by atoms with van der Waals surface area (Å²) in [6, 6.07) is 2.62. The van der Waals surface area contributed by atoms with Crippen molar-refractivity contribution < 1.29 is 9.13 Å². The van der Waals surface area contributed by atoms with Gasteiger partial charge < -0.3 is 4.74 Å². The molecular weight excluding hydrogens is 179 g/mol. The molecule has 0 spiro atoms. The van der Waals surface area contributed by atoms with Crippen LogP contribution in [0.25, 0.3) is 0 Å². The van der Waals surface area contributed by atoms with Crippen LogP contribution in [0, 0.1) is 12.7 Å². The molecule has 0 N–H and O–H groups in total. The van der Waals surface area contributed by atoms with Gasteiger partial charge in [0.15, 0.2) is 0 Å². The molecule has 0 heterocycles. The van der Waals surface area contributed by atoms with Crippen molar-refractivity contribution in [2.24, 2.45) is 0 Å². The van der Waals surface area contributed by atoms with Crippen LogP contribution in [-0.4, -0.2) is 6.61 Å². The lowest BCUT2D eigenvalue weighted by Crippen LogP contribution is -1.95. The van der Waals surface area contributed by atoms with E-state index in [0.29, 0.717) is 17.4 Å². The summed E-state index contributed by atoms with van der Waals surface area (Å²) in [5.74, 6) is 0.150. The molecule has 0 aliphatic carbocycles. The second-order valence-electron chi connectivity index (χ2n) is 2.44. The number of ether oxygens (including phenoxy) is 1. The van der Waals surface area contributed by atoms with Crippen LogP contribution in [0.4, 0.5) is 4.39 Å². The van der Waals surface area contributed by atoms with Crippen molar-refractivity contribution in [3.63, 3.8) is 0 Å². The largest absolute Gasteiger partial charge is 0.493 e. The third-order valence-electron chi connectivity index (χ3n) is 1.56.